The van der Waals surface area contributed by atoms with Gasteiger partial charge in [-0.05, 0) is 32.9 Å². The maximum absolute atomic E-state index is 2.81. The monoisotopic (exact) mass is 216 g/mol. The van der Waals surface area contributed by atoms with E-state index >= 15 is 0 Å². The molecule has 3 rings (SSSR count). The lowest BCUT2D eigenvalue weighted by atomic mass is 9.80. The van der Waals surface area contributed by atoms with E-state index in [1.54, 1.807) is 0 Å². The molecule has 0 aromatic heterocycles. The zero-order chi connectivity index (χ0) is 9.71. The van der Waals surface area contributed by atoms with Crippen molar-refractivity contribution in [1.82, 2.24) is 0 Å². The fourth-order valence-electron chi connectivity index (χ4n) is 2.08. The van der Waals surface area contributed by atoms with Crippen molar-refractivity contribution >= 4 is 29.1 Å². The van der Waals surface area contributed by atoms with Crippen molar-refractivity contribution in [2.75, 3.05) is 0 Å². The average molecular weight is 216 g/mol. The summed E-state index contributed by atoms with van der Waals surface area (Å²) in [5, 5.41) is 2.59. The Morgan fingerprint density at radius 2 is 1.07 bits per heavy atom. The Balaban J connectivity index is 2.37. The maximum Gasteiger partial charge on any atom is -0.00210 e. The summed E-state index contributed by atoms with van der Waals surface area (Å²) in [6.45, 7) is 0. The molecule has 2 unspecified atom stereocenters. The van der Waals surface area contributed by atoms with Gasteiger partial charge in [-0.1, -0.05) is 36.4 Å². The van der Waals surface area contributed by atoms with E-state index in [9.17, 15) is 0 Å². The normalized spacial score (nSPS) is 11.6. The van der Waals surface area contributed by atoms with Crippen LogP contribution in [0.1, 0.15) is 0 Å². The third kappa shape index (κ3) is 0.962. The lowest BCUT2D eigenvalue weighted by molar-refractivity contribution is 1.57. The fraction of sp³-hybridized carbons (Fsp3) is 0. The van der Waals surface area contributed by atoms with Gasteiger partial charge in [0.1, 0.15) is 0 Å². The van der Waals surface area contributed by atoms with E-state index < -0.39 is 0 Å². The molecule has 2 aromatic carbocycles. The molecule has 0 spiro atoms. The Hall–Kier alpha value is -0.700. The van der Waals surface area contributed by atoms with Gasteiger partial charge < -0.3 is 0 Å². The van der Waals surface area contributed by atoms with Crippen LogP contribution in [0, 0.1) is 0 Å². The molecular weight excluding hydrogens is 206 g/mol. The second-order valence-corrected chi connectivity index (χ2v) is 4.78. The summed E-state index contributed by atoms with van der Waals surface area (Å²) < 4.78 is 0. The topological polar surface area (TPSA) is 0 Å². The van der Waals surface area contributed by atoms with E-state index in [0.29, 0.717) is 0 Å². The molecule has 0 nitrogen and oxygen atoms in total. The molecule has 0 saturated carbocycles. The van der Waals surface area contributed by atoms with E-state index in [0.717, 1.165) is 0 Å². The summed E-state index contributed by atoms with van der Waals surface area (Å²) in [6, 6.07) is 12.9. The highest BCUT2D eigenvalue weighted by Gasteiger charge is 2.24. The molecule has 1 aliphatic rings. The molecule has 0 N–H and O–H groups in total. The molecule has 2 aromatic rings. The van der Waals surface area contributed by atoms with Crippen molar-refractivity contribution in [3.8, 4) is 22.3 Å². The van der Waals surface area contributed by atoms with Gasteiger partial charge in [0.15, 0.2) is 0 Å². The largest absolute Gasteiger partial charge is 0.105 e. The lowest BCUT2D eigenvalue weighted by Crippen LogP contribution is -2.14. The standard InChI is InChI=1S/C12H10P2/c13-9-5-1-3-7-8-4-2-6-10(14)12(8)11(7)9/h1-6H,13-14H2. The third-order valence-corrected chi connectivity index (χ3v) is 3.70. The molecule has 0 radical (unpaired) electrons. The molecule has 0 saturated heterocycles. The van der Waals surface area contributed by atoms with Crippen LogP contribution in [0.15, 0.2) is 36.4 Å². The van der Waals surface area contributed by atoms with E-state index in [1.807, 2.05) is 0 Å². The molecule has 0 bridgehead atoms. The molecule has 14 heavy (non-hydrogen) atoms. The summed E-state index contributed by atoms with van der Waals surface area (Å²) in [5.74, 6) is 0. The Labute approximate surface area is 88.1 Å². The first-order valence-corrected chi connectivity index (χ1v) is 5.72. The van der Waals surface area contributed by atoms with Crippen LogP contribution in [-0.4, -0.2) is 0 Å². The van der Waals surface area contributed by atoms with Gasteiger partial charge >= 0.3 is 0 Å². The average Bonchev–Trinajstić information content (AvgIpc) is 2.14. The highest BCUT2D eigenvalue weighted by molar-refractivity contribution is 7.29. The zero-order valence-electron chi connectivity index (χ0n) is 7.62. The highest BCUT2D eigenvalue weighted by Crippen LogP contribution is 2.45. The van der Waals surface area contributed by atoms with Crippen LogP contribution in [0.3, 0.4) is 0 Å². The lowest BCUT2D eigenvalue weighted by Gasteiger charge is -2.27. The molecule has 0 heterocycles. The molecule has 2 heteroatoms. The SMILES string of the molecule is Pc1cccc2c1-c1c(P)cccc1-2. The predicted octanol–water partition coefficient (Wildman–Crippen LogP) is 2.33. The number of rotatable bonds is 0. The molecule has 68 valence electrons. The Bertz CT molecular complexity index is 480. The predicted molar refractivity (Wildman–Crippen MR) is 69.6 cm³/mol. The second-order valence-electron chi connectivity index (χ2n) is 3.54. The third-order valence-electron chi connectivity index (χ3n) is 2.73. The summed E-state index contributed by atoms with van der Waals surface area (Å²) in [5.41, 5.74) is 5.57. The van der Waals surface area contributed by atoms with Crippen molar-refractivity contribution in [1.29, 1.82) is 0 Å². The molecule has 1 aliphatic carbocycles. The number of hydrogen-bond donors (Lipinski definition) is 0. The van der Waals surface area contributed by atoms with Crippen molar-refractivity contribution in [2.24, 2.45) is 0 Å². The zero-order valence-corrected chi connectivity index (χ0v) is 9.93. The molecule has 0 aliphatic heterocycles. The van der Waals surface area contributed by atoms with Crippen LogP contribution in [0.4, 0.5) is 0 Å². The first kappa shape index (κ1) is 8.60. The molecule has 2 atom stereocenters. The smallest absolute Gasteiger partial charge is 0.00210 e. The van der Waals surface area contributed by atoms with E-state index in [4.69, 9.17) is 0 Å². The van der Waals surface area contributed by atoms with Gasteiger partial charge in [-0.3, -0.25) is 0 Å². The van der Waals surface area contributed by atoms with Crippen molar-refractivity contribution in [2.45, 2.75) is 0 Å². The fourth-order valence-corrected chi connectivity index (χ4v) is 2.91. The van der Waals surface area contributed by atoms with Crippen molar-refractivity contribution < 1.29 is 0 Å². The van der Waals surface area contributed by atoms with E-state index in [-0.39, 0.29) is 0 Å². The summed E-state index contributed by atoms with van der Waals surface area (Å²) in [7, 11) is 5.61. The Morgan fingerprint density at radius 1 is 0.643 bits per heavy atom. The number of hydrogen-bond acceptors (Lipinski definition) is 0. The van der Waals surface area contributed by atoms with Crippen LogP contribution < -0.4 is 10.6 Å². The summed E-state index contributed by atoms with van der Waals surface area (Å²) in [4.78, 5) is 0. The van der Waals surface area contributed by atoms with Crippen LogP contribution in [0.5, 0.6) is 0 Å². The maximum atomic E-state index is 2.81. The molecule has 0 amide bonds. The first-order chi connectivity index (χ1) is 6.79. The van der Waals surface area contributed by atoms with Gasteiger partial charge in [0.2, 0.25) is 0 Å². The Kier molecular flexibility index (Phi) is 1.78. The molecule has 0 fully saturated rings. The van der Waals surface area contributed by atoms with Crippen LogP contribution in [0.2, 0.25) is 0 Å². The van der Waals surface area contributed by atoms with Crippen molar-refractivity contribution in [3.05, 3.63) is 36.4 Å². The van der Waals surface area contributed by atoms with Crippen LogP contribution in [-0.2, 0) is 0 Å². The summed E-state index contributed by atoms with van der Waals surface area (Å²) >= 11 is 0. The van der Waals surface area contributed by atoms with Crippen LogP contribution in [0.25, 0.3) is 22.3 Å². The molecular formula is C12H10P2. The van der Waals surface area contributed by atoms with Gasteiger partial charge in [0, 0.05) is 0 Å². The Morgan fingerprint density at radius 3 is 1.50 bits per heavy atom. The van der Waals surface area contributed by atoms with E-state index in [1.165, 1.54) is 32.9 Å². The quantitative estimate of drug-likeness (QED) is 0.506. The van der Waals surface area contributed by atoms with Gasteiger partial charge in [0.25, 0.3) is 0 Å². The number of benzene rings is 2. The first-order valence-electron chi connectivity index (χ1n) is 4.57. The van der Waals surface area contributed by atoms with Gasteiger partial charge in [0.05, 0.1) is 0 Å². The van der Waals surface area contributed by atoms with Gasteiger partial charge in [-0.2, -0.15) is 0 Å². The second kappa shape index (κ2) is 2.89. The number of fused-ring (bicyclic) bond motifs is 4. The van der Waals surface area contributed by atoms with Crippen molar-refractivity contribution in [3.63, 3.8) is 0 Å². The van der Waals surface area contributed by atoms with Gasteiger partial charge in [-0.25, -0.2) is 0 Å². The summed E-state index contributed by atoms with van der Waals surface area (Å²) in [6.07, 6.45) is 0. The van der Waals surface area contributed by atoms with E-state index in [2.05, 4.69) is 54.9 Å². The van der Waals surface area contributed by atoms with Crippen LogP contribution >= 0.6 is 18.5 Å². The minimum Gasteiger partial charge on any atom is -0.105 e. The minimum absolute atomic E-state index is 1.30. The van der Waals surface area contributed by atoms with Gasteiger partial charge in [-0.15, -0.1) is 18.5 Å². The highest BCUT2D eigenvalue weighted by atomic mass is 31.0. The minimum atomic E-state index is 1.30.